The molecule has 1 saturated heterocycles. The highest BCUT2D eigenvalue weighted by Gasteiger charge is 2.33. The molecule has 2 aliphatic rings. The van der Waals surface area contributed by atoms with E-state index in [0.29, 0.717) is 37.5 Å². The normalized spacial score (nSPS) is 17.1. The number of morpholine rings is 1. The summed E-state index contributed by atoms with van der Waals surface area (Å²) in [6.45, 7) is 5.85. The lowest BCUT2D eigenvalue weighted by Crippen LogP contribution is -2.48. The Bertz CT molecular complexity index is 1260. The number of tetrazole rings is 1. The maximum Gasteiger partial charge on any atom is 0.247 e. The van der Waals surface area contributed by atoms with Crippen LogP contribution in [0, 0.1) is 6.92 Å². The molecule has 1 aliphatic heterocycles. The summed E-state index contributed by atoms with van der Waals surface area (Å²) in [5.74, 6) is 1.04. The Labute approximate surface area is 233 Å². The minimum absolute atomic E-state index is 0.0914. The summed E-state index contributed by atoms with van der Waals surface area (Å²) < 4.78 is 11.0. The maximum atomic E-state index is 13.9. The number of rotatable bonds is 11. The fourth-order valence-electron chi connectivity index (χ4n) is 5.34. The van der Waals surface area contributed by atoms with Crippen LogP contribution in [0.4, 0.5) is 0 Å². The van der Waals surface area contributed by atoms with Crippen molar-refractivity contribution in [3.8, 4) is 17.3 Å². The number of aromatic nitrogens is 4. The first-order valence-corrected chi connectivity index (χ1v) is 14.0. The first-order valence-electron chi connectivity index (χ1n) is 14.0. The molecule has 0 bridgehead atoms. The Morgan fingerprint density at radius 1 is 1.12 bits per heavy atom. The fraction of sp³-hybridized carbons (Fsp3) is 0.536. The number of nitrogens with zero attached hydrogens (tertiary/aromatic N) is 6. The van der Waals surface area contributed by atoms with Gasteiger partial charge in [0.1, 0.15) is 24.1 Å². The Balaban J connectivity index is 1.38. The summed E-state index contributed by atoms with van der Waals surface area (Å²) in [6.07, 6.45) is 4.69. The average molecular weight is 552 g/mol. The smallest absolute Gasteiger partial charge is 0.247 e. The van der Waals surface area contributed by atoms with Crippen molar-refractivity contribution in [3.05, 3.63) is 47.7 Å². The molecule has 3 heterocycles. The number of phenols is 1. The molecule has 2 fully saturated rings. The highest BCUT2D eigenvalue weighted by atomic mass is 16.5. The molecule has 0 spiro atoms. The van der Waals surface area contributed by atoms with Crippen LogP contribution in [-0.2, 0) is 20.9 Å². The standard InChI is InChI=1S/C28H37N7O5/c1-20-7-12-24(40-20)27-30-32-35(31-27)19-25(37)34(14-4-13-33-15-17-39-18-16-33)26(21-8-10-23(36)11-9-21)28(38)29-22-5-2-3-6-22/h7-12,22,26,36H,2-6,13-19H2,1H3,(H,29,38)/t26-/m1/s1. The van der Waals surface area contributed by atoms with E-state index in [1.807, 2.05) is 13.0 Å². The first kappa shape index (κ1) is 27.8. The number of aryl methyl sites for hydroxylation is 1. The van der Waals surface area contributed by atoms with E-state index in [2.05, 4.69) is 25.6 Å². The number of nitrogens with one attached hydrogen (secondary N) is 1. The van der Waals surface area contributed by atoms with Crippen LogP contribution in [0.3, 0.4) is 0 Å². The first-order chi connectivity index (χ1) is 19.5. The number of hydrogen-bond donors (Lipinski definition) is 2. The molecule has 0 unspecified atom stereocenters. The van der Waals surface area contributed by atoms with Crippen molar-refractivity contribution in [3.63, 3.8) is 0 Å². The highest BCUT2D eigenvalue weighted by molar-refractivity contribution is 5.89. The summed E-state index contributed by atoms with van der Waals surface area (Å²) in [7, 11) is 0. The van der Waals surface area contributed by atoms with E-state index in [-0.39, 0.29) is 36.0 Å². The number of phenolic OH excluding ortho intramolecular Hbond substituents is 1. The van der Waals surface area contributed by atoms with Crippen LogP contribution < -0.4 is 5.32 Å². The molecule has 5 rings (SSSR count). The zero-order chi connectivity index (χ0) is 27.9. The number of aromatic hydroxyl groups is 1. The lowest BCUT2D eigenvalue weighted by Gasteiger charge is -2.33. The molecule has 1 aliphatic carbocycles. The van der Waals surface area contributed by atoms with Gasteiger partial charge < -0.3 is 24.5 Å². The van der Waals surface area contributed by atoms with Crippen LogP contribution in [0.2, 0.25) is 0 Å². The third-order valence-corrected chi connectivity index (χ3v) is 7.46. The number of hydrogen-bond acceptors (Lipinski definition) is 9. The summed E-state index contributed by atoms with van der Waals surface area (Å²) in [5.41, 5.74) is 0.631. The van der Waals surface area contributed by atoms with Gasteiger partial charge in [-0.1, -0.05) is 25.0 Å². The SMILES string of the molecule is Cc1ccc(-c2nnn(CC(=O)N(CCCN3CCOCC3)[C@@H](C(=O)NC3CCCC3)c3ccc(O)cc3)n2)o1. The van der Waals surface area contributed by atoms with Crippen molar-refractivity contribution in [1.82, 2.24) is 35.3 Å². The van der Waals surface area contributed by atoms with Crippen molar-refractivity contribution in [2.24, 2.45) is 0 Å². The number of furan rings is 1. The quantitative estimate of drug-likeness (QED) is 0.367. The van der Waals surface area contributed by atoms with Gasteiger partial charge in [0.15, 0.2) is 5.76 Å². The summed E-state index contributed by atoms with van der Waals surface area (Å²) >= 11 is 0. The molecule has 40 heavy (non-hydrogen) atoms. The Morgan fingerprint density at radius 3 is 2.58 bits per heavy atom. The number of carbonyl (C=O) groups is 2. The van der Waals surface area contributed by atoms with Crippen molar-refractivity contribution >= 4 is 11.8 Å². The number of carbonyl (C=O) groups excluding carboxylic acids is 2. The average Bonchev–Trinajstić information content (AvgIpc) is 3.73. The summed E-state index contributed by atoms with van der Waals surface area (Å²) in [5, 5.41) is 25.5. The van der Waals surface area contributed by atoms with E-state index in [1.54, 1.807) is 23.1 Å². The second kappa shape index (κ2) is 13.1. The Hall–Kier alpha value is -3.77. The van der Waals surface area contributed by atoms with E-state index in [9.17, 15) is 14.7 Å². The van der Waals surface area contributed by atoms with Gasteiger partial charge in [0, 0.05) is 32.2 Å². The van der Waals surface area contributed by atoms with Crippen molar-refractivity contribution in [2.45, 2.75) is 57.7 Å². The van der Waals surface area contributed by atoms with Gasteiger partial charge in [-0.3, -0.25) is 14.5 Å². The molecule has 2 N–H and O–H groups in total. The van der Waals surface area contributed by atoms with E-state index >= 15 is 0 Å². The van der Waals surface area contributed by atoms with Gasteiger partial charge in [0.05, 0.1) is 13.2 Å². The molecule has 2 amide bonds. The monoisotopic (exact) mass is 551 g/mol. The van der Waals surface area contributed by atoms with E-state index in [1.165, 1.54) is 16.9 Å². The van der Waals surface area contributed by atoms with Gasteiger partial charge in [0.25, 0.3) is 0 Å². The highest BCUT2D eigenvalue weighted by Crippen LogP contribution is 2.26. The van der Waals surface area contributed by atoms with Crippen molar-refractivity contribution in [2.75, 3.05) is 39.4 Å². The molecule has 1 aromatic carbocycles. The molecule has 3 aromatic rings. The van der Waals surface area contributed by atoms with Gasteiger partial charge in [-0.05, 0) is 61.2 Å². The van der Waals surface area contributed by atoms with Crippen LogP contribution in [0.1, 0.15) is 49.5 Å². The number of amides is 2. The predicted molar refractivity (Wildman–Crippen MR) is 145 cm³/mol. The Morgan fingerprint density at radius 2 is 1.88 bits per heavy atom. The number of benzene rings is 1. The molecule has 2 aromatic heterocycles. The van der Waals surface area contributed by atoms with E-state index in [4.69, 9.17) is 9.15 Å². The zero-order valence-electron chi connectivity index (χ0n) is 22.9. The minimum Gasteiger partial charge on any atom is -0.508 e. The third-order valence-electron chi connectivity index (χ3n) is 7.46. The topological polar surface area (TPSA) is 139 Å². The predicted octanol–water partition coefficient (Wildman–Crippen LogP) is 2.30. The van der Waals surface area contributed by atoms with Gasteiger partial charge >= 0.3 is 0 Å². The van der Waals surface area contributed by atoms with E-state index in [0.717, 1.165) is 51.1 Å². The van der Waals surface area contributed by atoms with Gasteiger partial charge in [-0.25, -0.2) is 0 Å². The molecule has 0 radical (unpaired) electrons. The molecule has 12 heteroatoms. The van der Waals surface area contributed by atoms with Gasteiger partial charge in [-0.2, -0.15) is 4.80 Å². The van der Waals surface area contributed by atoms with Gasteiger partial charge in [0.2, 0.25) is 17.6 Å². The molecule has 1 saturated carbocycles. The van der Waals surface area contributed by atoms with Crippen LogP contribution in [0.25, 0.3) is 11.6 Å². The second-order valence-corrected chi connectivity index (χ2v) is 10.4. The minimum atomic E-state index is -0.867. The Kier molecular flexibility index (Phi) is 9.07. The summed E-state index contributed by atoms with van der Waals surface area (Å²) in [4.78, 5) is 32.8. The second-order valence-electron chi connectivity index (χ2n) is 10.4. The van der Waals surface area contributed by atoms with Crippen LogP contribution in [-0.4, -0.2) is 92.4 Å². The number of ether oxygens (including phenoxy) is 1. The van der Waals surface area contributed by atoms with Crippen LogP contribution in [0.5, 0.6) is 5.75 Å². The summed E-state index contributed by atoms with van der Waals surface area (Å²) in [6, 6.07) is 9.26. The fourth-order valence-corrected chi connectivity index (χ4v) is 5.34. The molecular formula is C28H37N7O5. The lowest BCUT2D eigenvalue weighted by molar-refractivity contribution is -0.142. The van der Waals surface area contributed by atoms with E-state index < -0.39 is 6.04 Å². The molecule has 214 valence electrons. The maximum absolute atomic E-state index is 13.9. The van der Waals surface area contributed by atoms with Crippen LogP contribution in [0.15, 0.2) is 40.8 Å². The van der Waals surface area contributed by atoms with Crippen molar-refractivity contribution in [1.29, 1.82) is 0 Å². The van der Waals surface area contributed by atoms with Gasteiger partial charge in [-0.15, -0.1) is 10.2 Å². The molecule has 1 atom stereocenters. The third kappa shape index (κ3) is 7.05. The lowest BCUT2D eigenvalue weighted by atomic mass is 10.0. The molecular weight excluding hydrogens is 514 g/mol. The largest absolute Gasteiger partial charge is 0.508 e. The van der Waals surface area contributed by atoms with Crippen molar-refractivity contribution < 1.29 is 23.8 Å². The van der Waals surface area contributed by atoms with Crippen LogP contribution >= 0.6 is 0 Å². The zero-order valence-corrected chi connectivity index (χ0v) is 22.9. The molecule has 12 nitrogen and oxygen atoms in total.